The lowest BCUT2D eigenvalue weighted by Gasteiger charge is -2.21. The first kappa shape index (κ1) is 17.0. The van der Waals surface area contributed by atoms with Crippen LogP contribution in [-0.4, -0.2) is 21.1 Å². The van der Waals surface area contributed by atoms with Gasteiger partial charge in [0.05, 0.1) is 31.2 Å². The summed E-state index contributed by atoms with van der Waals surface area (Å²) in [7, 11) is 0. The molecule has 0 aliphatic heterocycles. The Kier molecular flexibility index (Phi) is 4.93. The summed E-state index contributed by atoms with van der Waals surface area (Å²) < 4.78 is 10.9. The van der Waals surface area contributed by atoms with Crippen LogP contribution in [0.15, 0.2) is 69.5 Å². The second kappa shape index (κ2) is 7.83. The Morgan fingerprint density at radius 2 is 1.81 bits per heavy atom. The standard InChI is InChI=1S/C18H15N5O3S/c24-17(21-18-22-20-12-27-18)13-5-6-16(19-9-13)23(10-14-3-1-7-25-14)11-15-4-2-8-26-15/h1-9,12H,10-11H2,(H,21,22,24). The van der Waals surface area contributed by atoms with E-state index in [1.54, 1.807) is 30.2 Å². The van der Waals surface area contributed by atoms with E-state index >= 15 is 0 Å². The number of aromatic nitrogens is 3. The third-order valence-electron chi connectivity index (χ3n) is 3.77. The first-order chi connectivity index (χ1) is 13.3. The van der Waals surface area contributed by atoms with Crippen LogP contribution >= 0.6 is 11.3 Å². The Balaban J connectivity index is 1.51. The van der Waals surface area contributed by atoms with Crippen molar-refractivity contribution >= 4 is 28.2 Å². The van der Waals surface area contributed by atoms with Crippen LogP contribution < -0.4 is 10.2 Å². The summed E-state index contributed by atoms with van der Waals surface area (Å²) in [5, 5.41) is 10.6. The number of nitrogens with one attached hydrogen (secondary N) is 1. The fourth-order valence-electron chi connectivity index (χ4n) is 2.50. The summed E-state index contributed by atoms with van der Waals surface area (Å²) in [6, 6.07) is 11.0. The Morgan fingerprint density at radius 3 is 2.33 bits per heavy atom. The highest BCUT2D eigenvalue weighted by Crippen LogP contribution is 2.19. The number of rotatable bonds is 7. The van der Waals surface area contributed by atoms with Gasteiger partial charge in [-0.05, 0) is 36.4 Å². The first-order valence-electron chi connectivity index (χ1n) is 8.11. The van der Waals surface area contributed by atoms with Gasteiger partial charge < -0.3 is 13.7 Å². The minimum absolute atomic E-state index is 0.283. The van der Waals surface area contributed by atoms with Gasteiger partial charge in [0, 0.05) is 6.20 Å². The van der Waals surface area contributed by atoms with E-state index in [4.69, 9.17) is 8.83 Å². The van der Waals surface area contributed by atoms with Gasteiger partial charge in [0.2, 0.25) is 5.13 Å². The molecular formula is C18H15N5O3S. The molecule has 9 heteroatoms. The van der Waals surface area contributed by atoms with Crippen molar-refractivity contribution in [3.8, 4) is 0 Å². The Hall–Kier alpha value is -3.46. The van der Waals surface area contributed by atoms with Crippen LogP contribution in [0.2, 0.25) is 0 Å². The highest BCUT2D eigenvalue weighted by molar-refractivity contribution is 7.13. The van der Waals surface area contributed by atoms with E-state index in [-0.39, 0.29) is 5.91 Å². The SMILES string of the molecule is O=C(Nc1nncs1)c1ccc(N(Cc2ccco2)Cc2ccco2)nc1. The zero-order chi connectivity index (χ0) is 18.5. The third kappa shape index (κ3) is 4.21. The monoisotopic (exact) mass is 381 g/mol. The molecule has 0 unspecified atom stereocenters. The first-order valence-corrected chi connectivity index (χ1v) is 8.99. The molecule has 27 heavy (non-hydrogen) atoms. The van der Waals surface area contributed by atoms with Crippen molar-refractivity contribution in [2.45, 2.75) is 13.1 Å². The second-order valence-corrected chi connectivity index (χ2v) is 6.45. The molecule has 4 aromatic rings. The van der Waals surface area contributed by atoms with E-state index in [9.17, 15) is 4.79 Å². The number of pyridine rings is 1. The molecule has 0 aliphatic rings. The molecule has 4 heterocycles. The summed E-state index contributed by atoms with van der Waals surface area (Å²) in [5.41, 5.74) is 1.99. The molecule has 0 fully saturated rings. The fourth-order valence-corrected chi connectivity index (χ4v) is 2.94. The minimum Gasteiger partial charge on any atom is -0.467 e. The lowest BCUT2D eigenvalue weighted by atomic mass is 10.2. The van der Waals surface area contributed by atoms with Crippen LogP contribution in [0.4, 0.5) is 10.9 Å². The topological polar surface area (TPSA) is 97.3 Å². The highest BCUT2D eigenvalue weighted by atomic mass is 32.1. The number of amides is 1. The van der Waals surface area contributed by atoms with Crippen molar-refractivity contribution in [2.24, 2.45) is 0 Å². The Bertz CT molecular complexity index is 931. The van der Waals surface area contributed by atoms with Crippen molar-refractivity contribution in [1.29, 1.82) is 0 Å². The zero-order valence-corrected chi connectivity index (χ0v) is 14.9. The maximum Gasteiger partial charge on any atom is 0.259 e. The van der Waals surface area contributed by atoms with Gasteiger partial charge in [-0.2, -0.15) is 0 Å². The fraction of sp³-hybridized carbons (Fsp3) is 0.111. The van der Waals surface area contributed by atoms with Crippen LogP contribution in [0.5, 0.6) is 0 Å². The van der Waals surface area contributed by atoms with Crippen molar-refractivity contribution in [1.82, 2.24) is 15.2 Å². The van der Waals surface area contributed by atoms with Crippen molar-refractivity contribution in [3.05, 3.63) is 77.7 Å². The average molecular weight is 381 g/mol. The van der Waals surface area contributed by atoms with E-state index in [1.807, 2.05) is 29.2 Å². The Morgan fingerprint density at radius 1 is 1.07 bits per heavy atom. The van der Waals surface area contributed by atoms with Crippen molar-refractivity contribution in [3.63, 3.8) is 0 Å². The van der Waals surface area contributed by atoms with E-state index in [0.717, 1.165) is 11.5 Å². The van der Waals surface area contributed by atoms with Crippen molar-refractivity contribution < 1.29 is 13.6 Å². The molecule has 8 nitrogen and oxygen atoms in total. The molecule has 4 aromatic heterocycles. The lowest BCUT2D eigenvalue weighted by Crippen LogP contribution is -2.23. The molecule has 0 aromatic carbocycles. The number of nitrogens with zero attached hydrogens (tertiary/aromatic N) is 4. The lowest BCUT2D eigenvalue weighted by molar-refractivity contribution is 0.102. The molecule has 4 rings (SSSR count). The maximum absolute atomic E-state index is 12.2. The molecule has 0 aliphatic carbocycles. The number of hydrogen-bond acceptors (Lipinski definition) is 8. The van der Waals surface area contributed by atoms with Crippen LogP contribution in [0.1, 0.15) is 21.9 Å². The number of carbonyl (C=O) groups excluding carboxylic acids is 1. The molecule has 1 amide bonds. The maximum atomic E-state index is 12.2. The molecule has 0 bridgehead atoms. The Labute approximate surface area is 158 Å². The zero-order valence-electron chi connectivity index (χ0n) is 14.1. The predicted molar refractivity (Wildman–Crippen MR) is 99.4 cm³/mol. The van der Waals surface area contributed by atoms with Gasteiger partial charge in [0.15, 0.2) is 0 Å². The number of anilines is 2. The summed E-state index contributed by atoms with van der Waals surface area (Å²) >= 11 is 1.25. The van der Waals surface area contributed by atoms with Gasteiger partial charge in [-0.25, -0.2) is 4.98 Å². The highest BCUT2D eigenvalue weighted by Gasteiger charge is 2.15. The summed E-state index contributed by atoms with van der Waals surface area (Å²) in [6.45, 7) is 1.05. The van der Waals surface area contributed by atoms with Crippen LogP contribution in [0.3, 0.4) is 0 Å². The predicted octanol–water partition coefficient (Wildman–Crippen LogP) is 3.58. The molecule has 0 atom stereocenters. The van der Waals surface area contributed by atoms with E-state index < -0.39 is 0 Å². The summed E-state index contributed by atoms with van der Waals surface area (Å²) in [6.07, 6.45) is 4.80. The number of hydrogen-bond donors (Lipinski definition) is 1. The van der Waals surface area contributed by atoms with E-state index in [0.29, 0.717) is 29.6 Å². The normalized spacial score (nSPS) is 10.7. The summed E-state index contributed by atoms with van der Waals surface area (Å²) in [4.78, 5) is 18.7. The largest absolute Gasteiger partial charge is 0.467 e. The third-order valence-corrected chi connectivity index (χ3v) is 4.37. The smallest absolute Gasteiger partial charge is 0.259 e. The van der Waals surface area contributed by atoms with Gasteiger partial charge in [0.25, 0.3) is 5.91 Å². The molecule has 1 N–H and O–H groups in total. The van der Waals surface area contributed by atoms with E-state index in [2.05, 4.69) is 20.5 Å². The quantitative estimate of drug-likeness (QED) is 0.522. The molecular weight excluding hydrogens is 366 g/mol. The van der Waals surface area contributed by atoms with Gasteiger partial charge >= 0.3 is 0 Å². The summed E-state index contributed by atoms with van der Waals surface area (Å²) in [5.74, 6) is 2.03. The molecule has 136 valence electrons. The average Bonchev–Trinajstić information content (AvgIpc) is 3.45. The van der Waals surface area contributed by atoms with Gasteiger partial charge in [0.1, 0.15) is 22.8 Å². The van der Waals surface area contributed by atoms with E-state index in [1.165, 1.54) is 17.5 Å². The molecule has 0 radical (unpaired) electrons. The number of carbonyl (C=O) groups is 1. The van der Waals surface area contributed by atoms with Crippen molar-refractivity contribution in [2.75, 3.05) is 10.2 Å². The van der Waals surface area contributed by atoms with Gasteiger partial charge in [-0.1, -0.05) is 11.3 Å². The molecule has 0 saturated heterocycles. The molecule has 0 saturated carbocycles. The van der Waals surface area contributed by atoms with Crippen LogP contribution in [0.25, 0.3) is 0 Å². The molecule has 0 spiro atoms. The van der Waals surface area contributed by atoms with Gasteiger partial charge in [-0.15, -0.1) is 10.2 Å². The second-order valence-electron chi connectivity index (χ2n) is 5.62. The van der Waals surface area contributed by atoms with Crippen LogP contribution in [-0.2, 0) is 13.1 Å². The minimum atomic E-state index is -0.283. The van der Waals surface area contributed by atoms with Crippen LogP contribution in [0, 0.1) is 0 Å². The number of furan rings is 2. The van der Waals surface area contributed by atoms with Gasteiger partial charge in [-0.3, -0.25) is 10.1 Å².